The Bertz CT molecular complexity index is 490. The predicted octanol–water partition coefficient (Wildman–Crippen LogP) is 2.64. The van der Waals surface area contributed by atoms with Crippen LogP contribution in [0.25, 0.3) is 0 Å². The lowest BCUT2D eigenvalue weighted by Crippen LogP contribution is -2.38. The van der Waals surface area contributed by atoms with Crippen LogP contribution in [0.2, 0.25) is 0 Å². The maximum atomic E-state index is 11.0. The summed E-state index contributed by atoms with van der Waals surface area (Å²) in [6, 6.07) is 5.75. The molecule has 1 fully saturated rings. The largest absolute Gasteiger partial charge is 0.478 e. The van der Waals surface area contributed by atoms with Gasteiger partial charge in [-0.15, -0.1) is 0 Å². The molecular formula is C16H25N3O2. The average molecular weight is 291 g/mol. The van der Waals surface area contributed by atoms with Crippen LogP contribution in [0.5, 0.6) is 0 Å². The molecule has 0 radical (unpaired) electrons. The van der Waals surface area contributed by atoms with Gasteiger partial charge in [-0.05, 0) is 50.9 Å². The highest BCUT2D eigenvalue weighted by molar-refractivity contribution is 5.94. The summed E-state index contributed by atoms with van der Waals surface area (Å²) in [5.41, 5.74) is 6.91. The van der Waals surface area contributed by atoms with Crippen LogP contribution < -0.4 is 11.1 Å². The molecule has 1 aliphatic heterocycles. The Kier molecular flexibility index (Phi) is 5.44. The van der Waals surface area contributed by atoms with Crippen LogP contribution in [0.15, 0.2) is 18.2 Å². The molecule has 1 heterocycles. The number of nitrogens with one attached hydrogen (secondary N) is 1. The van der Waals surface area contributed by atoms with E-state index in [0.717, 1.165) is 25.2 Å². The number of benzene rings is 1. The van der Waals surface area contributed by atoms with E-state index >= 15 is 0 Å². The lowest BCUT2D eigenvalue weighted by atomic mass is 10.0. The van der Waals surface area contributed by atoms with Crippen LogP contribution >= 0.6 is 0 Å². The van der Waals surface area contributed by atoms with Gasteiger partial charge in [-0.25, -0.2) is 4.79 Å². The smallest absolute Gasteiger partial charge is 0.337 e. The summed E-state index contributed by atoms with van der Waals surface area (Å²) in [6.45, 7) is 5.43. The van der Waals surface area contributed by atoms with Crippen molar-refractivity contribution in [2.24, 2.45) is 0 Å². The molecule has 0 bridgehead atoms. The summed E-state index contributed by atoms with van der Waals surface area (Å²) in [5.74, 6) is -0.988. The highest BCUT2D eigenvalue weighted by Crippen LogP contribution is 2.19. The van der Waals surface area contributed by atoms with E-state index in [0.29, 0.717) is 11.7 Å². The van der Waals surface area contributed by atoms with E-state index < -0.39 is 5.97 Å². The standard InChI is InChI=1S/C16H25N3O2/c1-12-5-2-3-9-19(12)10-4-8-18-13-6-7-15(17)14(11-13)16(20)21/h6-7,11-12,18H,2-5,8-10,17H2,1H3,(H,20,21). The highest BCUT2D eigenvalue weighted by Gasteiger charge is 2.17. The molecule has 2 rings (SSSR count). The van der Waals surface area contributed by atoms with Crippen LogP contribution in [0.4, 0.5) is 11.4 Å². The minimum absolute atomic E-state index is 0.157. The molecule has 1 unspecified atom stereocenters. The monoisotopic (exact) mass is 291 g/mol. The van der Waals surface area contributed by atoms with E-state index in [9.17, 15) is 4.79 Å². The number of nitrogen functional groups attached to an aromatic ring is 1. The van der Waals surface area contributed by atoms with Crippen molar-refractivity contribution in [3.8, 4) is 0 Å². The second kappa shape index (κ2) is 7.31. The summed E-state index contributed by atoms with van der Waals surface area (Å²) < 4.78 is 0. The normalized spacial score (nSPS) is 19.4. The van der Waals surface area contributed by atoms with Crippen LogP contribution in [0, 0.1) is 0 Å². The van der Waals surface area contributed by atoms with Gasteiger partial charge in [0.05, 0.1) is 5.56 Å². The van der Waals surface area contributed by atoms with Gasteiger partial charge in [-0.2, -0.15) is 0 Å². The Hall–Kier alpha value is -1.75. The Morgan fingerprint density at radius 3 is 3.00 bits per heavy atom. The molecule has 1 aliphatic rings. The third-order valence-electron chi connectivity index (χ3n) is 4.18. The Morgan fingerprint density at radius 1 is 1.48 bits per heavy atom. The van der Waals surface area contributed by atoms with Gasteiger partial charge >= 0.3 is 5.97 Å². The van der Waals surface area contributed by atoms with E-state index in [1.165, 1.54) is 25.8 Å². The van der Waals surface area contributed by atoms with Crippen molar-refractivity contribution in [1.82, 2.24) is 4.90 Å². The van der Waals surface area contributed by atoms with Gasteiger partial charge < -0.3 is 21.1 Å². The van der Waals surface area contributed by atoms with Gasteiger partial charge in [0.25, 0.3) is 0 Å². The summed E-state index contributed by atoms with van der Waals surface area (Å²) in [7, 11) is 0. The van der Waals surface area contributed by atoms with Crippen molar-refractivity contribution in [2.75, 3.05) is 30.7 Å². The lowest BCUT2D eigenvalue weighted by Gasteiger charge is -2.33. The third kappa shape index (κ3) is 4.36. The number of nitrogens with two attached hydrogens (primary N) is 1. The van der Waals surface area contributed by atoms with Gasteiger partial charge in [0.2, 0.25) is 0 Å². The summed E-state index contributed by atoms with van der Waals surface area (Å²) in [4.78, 5) is 13.6. The molecule has 1 atom stereocenters. The molecule has 0 aliphatic carbocycles. The number of rotatable bonds is 6. The maximum absolute atomic E-state index is 11.0. The molecule has 1 aromatic rings. The van der Waals surface area contributed by atoms with Gasteiger partial charge in [-0.3, -0.25) is 0 Å². The fraction of sp³-hybridized carbons (Fsp3) is 0.562. The molecule has 5 heteroatoms. The van der Waals surface area contributed by atoms with Crippen LogP contribution in [0.1, 0.15) is 43.0 Å². The molecule has 1 saturated heterocycles. The van der Waals surface area contributed by atoms with E-state index in [2.05, 4.69) is 17.1 Å². The van der Waals surface area contributed by atoms with Crippen molar-refractivity contribution < 1.29 is 9.90 Å². The average Bonchev–Trinajstić information content (AvgIpc) is 2.46. The molecule has 1 aromatic carbocycles. The number of carbonyl (C=O) groups is 1. The number of carboxylic acids is 1. The zero-order valence-corrected chi connectivity index (χ0v) is 12.6. The Labute approximate surface area is 126 Å². The Balaban J connectivity index is 1.78. The van der Waals surface area contributed by atoms with E-state index in [-0.39, 0.29) is 5.56 Å². The molecule has 5 nitrogen and oxygen atoms in total. The van der Waals surface area contributed by atoms with Crippen LogP contribution in [0.3, 0.4) is 0 Å². The number of likely N-dealkylation sites (tertiary alicyclic amines) is 1. The van der Waals surface area contributed by atoms with Gasteiger partial charge in [0, 0.05) is 30.5 Å². The first-order valence-electron chi connectivity index (χ1n) is 7.68. The Morgan fingerprint density at radius 2 is 2.29 bits per heavy atom. The van der Waals surface area contributed by atoms with E-state index in [1.54, 1.807) is 12.1 Å². The first-order chi connectivity index (χ1) is 10.1. The topological polar surface area (TPSA) is 78.6 Å². The molecule has 0 aromatic heterocycles. The zero-order valence-electron chi connectivity index (χ0n) is 12.6. The van der Waals surface area contributed by atoms with Crippen molar-refractivity contribution >= 4 is 17.3 Å². The first-order valence-corrected chi connectivity index (χ1v) is 7.68. The molecule has 21 heavy (non-hydrogen) atoms. The van der Waals surface area contributed by atoms with Crippen LogP contribution in [-0.4, -0.2) is 41.7 Å². The van der Waals surface area contributed by atoms with E-state index in [4.69, 9.17) is 10.8 Å². The number of carboxylic acid groups (broad SMARTS) is 1. The maximum Gasteiger partial charge on any atom is 0.337 e. The summed E-state index contributed by atoms with van der Waals surface area (Å²) in [5, 5.41) is 12.3. The zero-order chi connectivity index (χ0) is 15.2. The molecule has 4 N–H and O–H groups in total. The second-order valence-corrected chi connectivity index (χ2v) is 5.77. The highest BCUT2D eigenvalue weighted by atomic mass is 16.4. The lowest BCUT2D eigenvalue weighted by molar-refractivity contribution is 0.0698. The van der Waals surface area contributed by atoms with Crippen molar-refractivity contribution in [1.29, 1.82) is 0 Å². The molecule has 0 saturated carbocycles. The number of hydrogen-bond donors (Lipinski definition) is 3. The second-order valence-electron chi connectivity index (χ2n) is 5.77. The number of piperidine rings is 1. The minimum atomic E-state index is -0.988. The first kappa shape index (κ1) is 15.6. The van der Waals surface area contributed by atoms with Crippen molar-refractivity contribution in [3.63, 3.8) is 0 Å². The third-order valence-corrected chi connectivity index (χ3v) is 4.18. The van der Waals surface area contributed by atoms with Gasteiger partial charge in [0.1, 0.15) is 0 Å². The summed E-state index contributed by atoms with van der Waals surface area (Å²) >= 11 is 0. The quantitative estimate of drug-likeness (QED) is 0.555. The van der Waals surface area contributed by atoms with Crippen molar-refractivity contribution in [2.45, 2.75) is 38.6 Å². The van der Waals surface area contributed by atoms with E-state index in [1.807, 2.05) is 6.07 Å². The number of anilines is 2. The number of aromatic carboxylic acids is 1. The van der Waals surface area contributed by atoms with Crippen LogP contribution in [-0.2, 0) is 0 Å². The summed E-state index contributed by atoms with van der Waals surface area (Å²) in [6.07, 6.45) is 5.00. The molecular weight excluding hydrogens is 266 g/mol. The fourth-order valence-corrected chi connectivity index (χ4v) is 2.86. The molecule has 0 amide bonds. The minimum Gasteiger partial charge on any atom is -0.478 e. The fourth-order valence-electron chi connectivity index (χ4n) is 2.86. The van der Waals surface area contributed by atoms with Crippen molar-refractivity contribution in [3.05, 3.63) is 23.8 Å². The number of nitrogens with zero attached hydrogens (tertiary/aromatic N) is 1. The SMILES string of the molecule is CC1CCCCN1CCCNc1ccc(N)c(C(=O)O)c1. The molecule has 0 spiro atoms. The van der Waals surface area contributed by atoms with Gasteiger partial charge in [-0.1, -0.05) is 6.42 Å². The number of hydrogen-bond acceptors (Lipinski definition) is 4. The molecule has 116 valence electrons. The predicted molar refractivity (Wildman–Crippen MR) is 85.8 cm³/mol. The van der Waals surface area contributed by atoms with Gasteiger partial charge in [0.15, 0.2) is 0 Å².